The predicted octanol–water partition coefficient (Wildman–Crippen LogP) is 1.55. The van der Waals surface area contributed by atoms with Crippen molar-refractivity contribution in [2.45, 2.75) is 6.42 Å². The van der Waals surface area contributed by atoms with E-state index in [0.717, 1.165) is 6.07 Å². The maximum Gasteiger partial charge on any atom is 0.306 e. The number of nitrogens with zero attached hydrogens (tertiary/aromatic N) is 1. The number of carboxylic acids is 1. The largest absolute Gasteiger partial charge is 0.491 e. The Bertz CT molecular complexity index is 412. The SMILES string of the molecule is N#Cc1c(F)cccc1OCCC(=O)O. The minimum Gasteiger partial charge on any atom is -0.491 e. The summed E-state index contributed by atoms with van der Waals surface area (Å²) in [6, 6.07) is 5.61. The Morgan fingerprint density at radius 3 is 2.93 bits per heavy atom. The van der Waals surface area contributed by atoms with E-state index in [2.05, 4.69) is 0 Å². The Morgan fingerprint density at radius 1 is 1.60 bits per heavy atom. The molecule has 0 amide bonds. The standard InChI is InChI=1S/C10H8FNO3/c11-8-2-1-3-9(7(8)6-12)15-5-4-10(13)14/h1-3H,4-5H2,(H,13,14). The Morgan fingerprint density at radius 2 is 2.33 bits per heavy atom. The molecule has 0 radical (unpaired) electrons. The number of carbonyl (C=O) groups is 1. The molecular weight excluding hydrogens is 201 g/mol. The van der Waals surface area contributed by atoms with Gasteiger partial charge in [-0.3, -0.25) is 4.79 Å². The maximum absolute atomic E-state index is 13.0. The summed E-state index contributed by atoms with van der Waals surface area (Å²) >= 11 is 0. The van der Waals surface area contributed by atoms with Crippen LogP contribution in [0.4, 0.5) is 4.39 Å². The van der Waals surface area contributed by atoms with Crippen LogP contribution in [0, 0.1) is 17.1 Å². The van der Waals surface area contributed by atoms with Crippen LogP contribution in [-0.4, -0.2) is 17.7 Å². The van der Waals surface area contributed by atoms with Crippen molar-refractivity contribution in [1.29, 1.82) is 5.26 Å². The molecule has 0 atom stereocenters. The van der Waals surface area contributed by atoms with Crippen molar-refractivity contribution in [3.8, 4) is 11.8 Å². The lowest BCUT2D eigenvalue weighted by Gasteiger charge is -2.06. The van der Waals surface area contributed by atoms with Crippen molar-refractivity contribution in [2.24, 2.45) is 0 Å². The molecule has 1 N–H and O–H groups in total. The number of benzene rings is 1. The van der Waals surface area contributed by atoms with Crippen molar-refractivity contribution in [3.63, 3.8) is 0 Å². The van der Waals surface area contributed by atoms with E-state index in [4.69, 9.17) is 15.1 Å². The first-order valence-corrected chi connectivity index (χ1v) is 4.18. The monoisotopic (exact) mass is 209 g/mol. The number of aliphatic carboxylic acids is 1. The summed E-state index contributed by atoms with van der Waals surface area (Å²) in [6.45, 7) is -0.0898. The Labute approximate surface area is 85.5 Å². The van der Waals surface area contributed by atoms with E-state index >= 15 is 0 Å². The molecule has 0 spiro atoms. The fourth-order valence-corrected chi connectivity index (χ4v) is 0.981. The number of halogens is 1. The van der Waals surface area contributed by atoms with Gasteiger partial charge in [-0.25, -0.2) is 4.39 Å². The van der Waals surface area contributed by atoms with Crippen LogP contribution < -0.4 is 4.74 Å². The van der Waals surface area contributed by atoms with Crippen LogP contribution in [0.15, 0.2) is 18.2 Å². The van der Waals surface area contributed by atoms with E-state index in [9.17, 15) is 9.18 Å². The van der Waals surface area contributed by atoms with E-state index < -0.39 is 11.8 Å². The quantitative estimate of drug-likeness (QED) is 0.816. The molecule has 4 nitrogen and oxygen atoms in total. The van der Waals surface area contributed by atoms with Crippen LogP contribution >= 0.6 is 0 Å². The zero-order valence-corrected chi connectivity index (χ0v) is 7.74. The van der Waals surface area contributed by atoms with E-state index in [-0.39, 0.29) is 24.3 Å². The Kier molecular flexibility index (Phi) is 3.63. The summed E-state index contributed by atoms with van der Waals surface area (Å²) in [5, 5.41) is 17.0. The minimum atomic E-state index is -1.01. The first-order chi connectivity index (χ1) is 7.15. The second-order valence-corrected chi connectivity index (χ2v) is 2.72. The third-order valence-corrected chi connectivity index (χ3v) is 1.66. The van der Waals surface area contributed by atoms with Gasteiger partial charge in [0.1, 0.15) is 23.2 Å². The molecule has 78 valence electrons. The highest BCUT2D eigenvalue weighted by atomic mass is 19.1. The van der Waals surface area contributed by atoms with Gasteiger partial charge in [-0.15, -0.1) is 0 Å². The molecule has 0 fully saturated rings. The summed E-state index contributed by atoms with van der Waals surface area (Å²) in [7, 11) is 0. The third kappa shape index (κ3) is 2.95. The zero-order chi connectivity index (χ0) is 11.3. The van der Waals surface area contributed by atoms with Crippen molar-refractivity contribution in [3.05, 3.63) is 29.6 Å². The number of hydrogen-bond donors (Lipinski definition) is 1. The van der Waals surface area contributed by atoms with Gasteiger partial charge < -0.3 is 9.84 Å². The van der Waals surface area contributed by atoms with Gasteiger partial charge in [-0.2, -0.15) is 5.26 Å². The number of rotatable bonds is 4. The molecule has 0 aliphatic carbocycles. The highest BCUT2D eigenvalue weighted by molar-refractivity contribution is 5.66. The first kappa shape index (κ1) is 11.0. The highest BCUT2D eigenvalue weighted by Crippen LogP contribution is 2.20. The lowest BCUT2D eigenvalue weighted by molar-refractivity contribution is -0.137. The van der Waals surface area contributed by atoms with E-state index in [1.165, 1.54) is 12.1 Å². The number of nitriles is 1. The van der Waals surface area contributed by atoms with Crippen molar-refractivity contribution < 1.29 is 19.0 Å². The topological polar surface area (TPSA) is 70.3 Å². The number of carboxylic acid groups (broad SMARTS) is 1. The van der Waals surface area contributed by atoms with Gasteiger partial charge in [0.25, 0.3) is 0 Å². The maximum atomic E-state index is 13.0. The molecule has 0 aliphatic heterocycles. The molecule has 1 rings (SSSR count). The van der Waals surface area contributed by atoms with E-state index in [1.54, 1.807) is 6.07 Å². The van der Waals surface area contributed by atoms with Gasteiger partial charge in [0.2, 0.25) is 0 Å². The van der Waals surface area contributed by atoms with Gasteiger partial charge in [-0.1, -0.05) is 6.07 Å². The molecule has 15 heavy (non-hydrogen) atoms. The molecule has 0 bridgehead atoms. The summed E-state index contributed by atoms with van der Waals surface area (Å²) in [5.41, 5.74) is -0.206. The lowest BCUT2D eigenvalue weighted by Crippen LogP contribution is -2.06. The normalized spacial score (nSPS) is 9.33. The summed E-state index contributed by atoms with van der Waals surface area (Å²) in [4.78, 5) is 10.2. The molecule has 1 aromatic carbocycles. The average molecular weight is 209 g/mol. The van der Waals surface area contributed by atoms with Gasteiger partial charge in [0.05, 0.1) is 13.0 Å². The molecular formula is C10H8FNO3. The Balaban J connectivity index is 2.73. The smallest absolute Gasteiger partial charge is 0.306 e. The van der Waals surface area contributed by atoms with Gasteiger partial charge in [0, 0.05) is 0 Å². The molecule has 0 unspecified atom stereocenters. The third-order valence-electron chi connectivity index (χ3n) is 1.66. The molecule has 0 saturated carbocycles. The average Bonchev–Trinajstić information content (AvgIpc) is 2.17. The molecule has 0 heterocycles. The van der Waals surface area contributed by atoms with Crippen LogP contribution in [0.25, 0.3) is 0 Å². The fourth-order valence-electron chi connectivity index (χ4n) is 0.981. The van der Waals surface area contributed by atoms with Crippen molar-refractivity contribution in [2.75, 3.05) is 6.61 Å². The van der Waals surface area contributed by atoms with Crippen LogP contribution in [0.2, 0.25) is 0 Å². The van der Waals surface area contributed by atoms with E-state index in [0.29, 0.717) is 0 Å². The molecule has 1 aromatic rings. The number of ether oxygens (including phenoxy) is 1. The predicted molar refractivity (Wildman–Crippen MR) is 48.9 cm³/mol. The van der Waals surface area contributed by atoms with Gasteiger partial charge in [-0.05, 0) is 12.1 Å². The molecule has 0 aliphatic rings. The highest BCUT2D eigenvalue weighted by Gasteiger charge is 2.08. The second kappa shape index (κ2) is 4.96. The Hall–Kier alpha value is -2.09. The van der Waals surface area contributed by atoms with E-state index in [1.807, 2.05) is 0 Å². The van der Waals surface area contributed by atoms with Crippen LogP contribution in [-0.2, 0) is 4.79 Å². The van der Waals surface area contributed by atoms with Crippen LogP contribution in [0.1, 0.15) is 12.0 Å². The summed E-state index contributed by atoms with van der Waals surface area (Å²) < 4.78 is 18.0. The van der Waals surface area contributed by atoms with Gasteiger partial charge in [0.15, 0.2) is 0 Å². The van der Waals surface area contributed by atoms with Crippen LogP contribution in [0.5, 0.6) is 5.75 Å². The van der Waals surface area contributed by atoms with Crippen molar-refractivity contribution in [1.82, 2.24) is 0 Å². The van der Waals surface area contributed by atoms with Crippen LogP contribution in [0.3, 0.4) is 0 Å². The molecule has 5 heteroatoms. The summed E-state index contributed by atoms with van der Waals surface area (Å²) in [6.07, 6.45) is -0.193. The lowest BCUT2D eigenvalue weighted by atomic mass is 10.2. The van der Waals surface area contributed by atoms with Crippen molar-refractivity contribution >= 4 is 5.97 Å². The summed E-state index contributed by atoms with van der Waals surface area (Å²) in [5.74, 6) is -1.62. The first-order valence-electron chi connectivity index (χ1n) is 4.18. The minimum absolute atomic E-state index is 0.0683. The second-order valence-electron chi connectivity index (χ2n) is 2.72. The molecule has 0 aromatic heterocycles. The molecule has 0 saturated heterocycles. The van der Waals surface area contributed by atoms with Gasteiger partial charge >= 0.3 is 5.97 Å². The number of hydrogen-bond acceptors (Lipinski definition) is 3. The zero-order valence-electron chi connectivity index (χ0n) is 7.74. The fraction of sp³-hybridized carbons (Fsp3) is 0.200.